The van der Waals surface area contributed by atoms with E-state index in [0.717, 1.165) is 13.2 Å². The fourth-order valence-electron chi connectivity index (χ4n) is 0.958. The van der Waals surface area contributed by atoms with Crippen LogP contribution in [0.3, 0.4) is 0 Å². The van der Waals surface area contributed by atoms with Crippen molar-refractivity contribution in [3.8, 4) is 0 Å². The SMILES string of the molecule is C[CH]OCCOCCCCCC. The third-order valence-corrected chi connectivity index (χ3v) is 1.65. The van der Waals surface area contributed by atoms with Crippen LogP contribution in [0.15, 0.2) is 0 Å². The molecule has 0 saturated carbocycles. The molecule has 0 aromatic carbocycles. The second-order valence-corrected chi connectivity index (χ2v) is 2.78. The quantitative estimate of drug-likeness (QED) is 0.499. The lowest BCUT2D eigenvalue weighted by Crippen LogP contribution is -2.03. The van der Waals surface area contributed by atoms with E-state index in [0.29, 0.717) is 6.61 Å². The molecule has 2 nitrogen and oxygen atoms in total. The summed E-state index contributed by atoms with van der Waals surface area (Å²) in [5.41, 5.74) is 0. The van der Waals surface area contributed by atoms with Crippen LogP contribution in [0.2, 0.25) is 0 Å². The highest BCUT2D eigenvalue weighted by molar-refractivity contribution is 4.40. The Morgan fingerprint density at radius 2 is 1.83 bits per heavy atom. The van der Waals surface area contributed by atoms with Crippen LogP contribution in [0.25, 0.3) is 0 Å². The van der Waals surface area contributed by atoms with Crippen molar-refractivity contribution in [2.24, 2.45) is 0 Å². The maximum atomic E-state index is 5.34. The second kappa shape index (κ2) is 10.9. The topological polar surface area (TPSA) is 18.5 Å². The second-order valence-electron chi connectivity index (χ2n) is 2.78. The molecule has 0 bridgehead atoms. The van der Waals surface area contributed by atoms with Gasteiger partial charge in [-0.25, -0.2) is 0 Å². The van der Waals surface area contributed by atoms with Crippen molar-refractivity contribution in [1.29, 1.82) is 0 Å². The van der Waals surface area contributed by atoms with E-state index in [1.165, 1.54) is 25.7 Å². The highest BCUT2D eigenvalue weighted by atomic mass is 16.5. The summed E-state index contributed by atoms with van der Waals surface area (Å²) in [6.07, 6.45) is 5.08. The first-order valence-electron chi connectivity index (χ1n) is 4.89. The Hall–Kier alpha value is -0.0800. The van der Waals surface area contributed by atoms with Gasteiger partial charge in [0.1, 0.15) is 0 Å². The zero-order chi connectivity index (χ0) is 9.07. The lowest BCUT2D eigenvalue weighted by Gasteiger charge is -2.03. The van der Waals surface area contributed by atoms with Gasteiger partial charge in [0.05, 0.1) is 19.8 Å². The maximum Gasteiger partial charge on any atom is 0.0807 e. The average Bonchev–Trinajstić information content (AvgIpc) is 2.10. The van der Waals surface area contributed by atoms with E-state index >= 15 is 0 Å². The van der Waals surface area contributed by atoms with Crippen molar-refractivity contribution in [3.63, 3.8) is 0 Å². The number of rotatable bonds is 9. The van der Waals surface area contributed by atoms with E-state index in [9.17, 15) is 0 Å². The van der Waals surface area contributed by atoms with Crippen molar-refractivity contribution in [2.75, 3.05) is 19.8 Å². The number of hydrogen-bond donors (Lipinski definition) is 0. The van der Waals surface area contributed by atoms with Gasteiger partial charge in [0.25, 0.3) is 0 Å². The Kier molecular flexibility index (Phi) is 10.8. The van der Waals surface area contributed by atoms with Crippen molar-refractivity contribution >= 4 is 0 Å². The number of unbranched alkanes of at least 4 members (excludes halogenated alkanes) is 3. The summed E-state index contributed by atoms with van der Waals surface area (Å²) in [4.78, 5) is 0. The Balaban J connectivity index is 2.73. The summed E-state index contributed by atoms with van der Waals surface area (Å²) < 4.78 is 10.3. The predicted molar refractivity (Wildman–Crippen MR) is 50.9 cm³/mol. The van der Waals surface area contributed by atoms with Gasteiger partial charge in [-0.15, -0.1) is 0 Å². The number of ether oxygens (including phenoxy) is 2. The first-order valence-corrected chi connectivity index (χ1v) is 4.89. The van der Waals surface area contributed by atoms with Gasteiger partial charge in [0.2, 0.25) is 0 Å². The van der Waals surface area contributed by atoms with Gasteiger partial charge in [-0.2, -0.15) is 0 Å². The van der Waals surface area contributed by atoms with Crippen LogP contribution in [0.4, 0.5) is 0 Å². The maximum absolute atomic E-state index is 5.34. The molecule has 1 radical (unpaired) electrons. The van der Waals surface area contributed by atoms with E-state index < -0.39 is 0 Å². The molecule has 12 heavy (non-hydrogen) atoms. The fraction of sp³-hybridized carbons (Fsp3) is 0.900. The van der Waals surface area contributed by atoms with Crippen LogP contribution >= 0.6 is 0 Å². The zero-order valence-electron chi connectivity index (χ0n) is 8.34. The molecule has 0 unspecified atom stereocenters. The monoisotopic (exact) mass is 173 g/mol. The van der Waals surface area contributed by atoms with Crippen LogP contribution in [-0.4, -0.2) is 19.8 Å². The van der Waals surface area contributed by atoms with Gasteiger partial charge in [0.15, 0.2) is 0 Å². The summed E-state index contributed by atoms with van der Waals surface area (Å²) in [6.45, 7) is 8.07. The molecule has 0 amide bonds. The molecule has 73 valence electrons. The molecule has 2 heteroatoms. The van der Waals surface area contributed by atoms with Crippen LogP contribution in [0, 0.1) is 6.61 Å². The molecule has 0 N–H and O–H groups in total. The first-order chi connectivity index (χ1) is 5.91. The molecule has 0 heterocycles. The molecule has 0 aliphatic carbocycles. The Morgan fingerprint density at radius 3 is 2.50 bits per heavy atom. The molecule has 0 atom stereocenters. The molecule has 0 aromatic heterocycles. The third kappa shape index (κ3) is 9.92. The van der Waals surface area contributed by atoms with E-state index in [-0.39, 0.29) is 0 Å². The smallest absolute Gasteiger partial charge is 0.0807 e. The van der Waals surface area contributed by atoms with Crippen molar-refractivity contribution < 1.29 is 9.47 Å². The summed E-state index contributed by atoms with van der Waals surface area (Å²) in [7, 11) is 0. The minimum atomic E-state index is 0.685. The molecule has 0 fully saturated rings. The van der Waals surface area contributed by atoms with Gasteiger partial charge in [-0.05, 0) is 13.3 Å². The molecule has 0 spiro atoms. The molecule has 0 aliphatic heterocycles. The van der Waals surface area contributed by atoms with Crippen LogP contribution < -0.4 is 0 Å². The summed E-state index contributed by atoms with van der Waals surface area (Å²) >= 11 is 0. The summed E-state index contributed by atoms with van der Waals surface area (Å²) in [5, 5.41) is 0. The highest BCUT2D eigenvalue weighted by Crippen LogP contribution is 1.98. The highest BCUT2D eigenvalue weighted by Gasteiger charge is 1.89. The molecular weight excluding hydrogens is 152 g/mol. The molecule has 0 saturated heterocycles. The number of hydrogen-bond acceptors (Lipinski definition) is 2. The normalized spacial score (nSPS) is 10.5. The van der Waals surface area contributed by atoms with Crippen LogP contribution in [0.1, 0.15) is 39.5 Å². The zero-order valence-corrected chi connectivity index (χ0v) is 8.34. The van der Waals surface area contributed by atoms with Gasteiger partial charge >= 0.3 is 0 Å². The van der Waals surface area contributed by atoms with Crippen molar-refractivity contribution in [1.82, 2.24) is 0 Å². The minimum absolute atomic E-state index is 0.685. The summed E-state index contributed by atoms with van der Waals surface area (Å²) in [5.74, 6) is 0. The van der Waals surface area contributed by atoms with E-state index in [1.807, 2.05) is 6.92 Å². The standard InChI is InChI=1S/C10H21O2/c1-3-5-6-7-8-12-10-9-11-4-2/h4H,3,5-10H2,1-2H3. The molecule has 0 rings (SSSR count). The van der Waals surface area contributed by atoms with Crippen LogP contribution in [0.5, 0.6) is 0 Å². The summed E-state index contributed by atoms with van der Waals surface area (Å²) in [6, 6.07) is 0. The van der Waals surface area contributed by atoms with E-state index in [4.69, 9.17) is 9.47 Å². The third-order valence-electron chi connectivity index (χ3n) is 1.65. The van der Waals surface area contributed by atoms with Gasteiger partial charge in [-0.1, -0.05) is 26.2 Å². The first kappa shape index (κ1) is 11.9. The molecule has 0 aromatic rings. The van der Waals surface area contributed by atoms with Crippen molar-refractivity contribution in [3.05, 3.63) is 6.61 Å². The lowest BCUT2D eigenvalue weighted by atomic mass is 10.2. The Labute approximate surface area is 76.3 Å². The van der Waals surface area contributed by atoms with E-state index in [2.05, 4.69) is 6.92 Å². The largest absolute Gasteiger partial charge is 0.379 e. The lowest BCUT2D eigenvalue weighted by molar-refractivity contribution is 0.0710. The van der Waals surface area contributed by atoms with E-state index in [1.54, 1.807) is 6.61 Å². The predicted octanol–water partition coefficient (Wildman–Crippen LogP) is 2.78. The minimum Gasteiger partial charge on any atom is -0.379 e. The fourth-order valence-corrected chi connectivity index (χ4v) is 0.958. The molecule has 0 aliphatic rings. The van der Waals surface area contributed by atoms with Gasteiger partial charge < -0.3 is 9.47 Å². The average molecular weight is 173 g/mol. The van der Waals surface area contributed by atoms with Crippen LogP contribution in [-0.2, 0) is 9.47 Å². The Bertz CT molecular complexity index is 64.2. The van der Waals surface area contributed by atoms with Gasteiger partial charge in [0, 0.05) is 6.61 Å². The Morgan fingerprint density at radius 1 is 1.00 bits per heavy atom. The van der Waals surface area contributed by atoms with Gasteiger partial charge in [-0.3, -0.25) is 0 Å². The van der Waals surface area contributed by atoms with Crippen molar-refractivity contribution in [2.45, 2.75) is 39.5 Å². The molecular formula is C10H21O2.